The monoisotopic (exact) mass is 689 g/mol. The molecule has 0 unspecified atom stereocenters. The number of furan rings is 1. The van der Waals surface area contributed by atoms with Crippen LogP contribution in [0, 0.1) is 10.1 Å². The summed E-state index contributed by atoms with van der Waals surface area (Å²) in [5.74, 6) is 1.39. The minimum absolute atomic E-state index is 0.142. The predicted octanol–water partition coefficient (Wildman–Crippen LogP) is 7.32. The zero-order valence-corrected chi connectivity index (χ0v) is 24.7. The fourth-order valence-corrected chi connectivity index (χ4v) is 4.98. The van der Waals surface area contributed by atoms with Crippen LogP contribution in [0.5, 0.6) is 17.4 Å². The standard InChI is InChI=1S/C29H17Br2N5O6/c1-40-24-12-17(21(31)13-25(24)42-27-9-7-19(15-32-27)36(38)39)14-33-35-28(34-22-5-3-2-4-20(22)29(35)37)26-11-16-10-18(30)6-8-23(16)41-26/h2-15H,1H3. The minimum Gasteiger partial charge on any atom is -0.493 e. The Labute approximate surface area is 253 Å². The lowest BCUT2D eigenvalue weighted by Crippen LogP contribution is -2.20. The quantitative estimate of drug-likeness (QED) is 0.0966. The Morgan fingerprint density at radius 2 is 1.88 bits per heavy atom. The number of halogens is 2. The number of methoxy groups -OCH3 is 1. The number of ether oxygens (including phenoxy) is 2. The number of rotatable bonds is 7. The Morgan fingerprint density at radius 1 is 1.05 bits per heavy atom. The molecule has 0 amide bonds. The number of para-hydroxylation sites is 1. The molecule has 0 aliphatic carbocycles. The molecule has 0 aliphatic rings. The smallest absolute Gasteiger partial charge is 0.287 e. The molecule has 0 bridgehead atoms. The third kappa shape index (κ3) is 5.27. The number of pyridine rings is 1. The van der Waals surface area contributed by atoms with Crippen molar-refractivity contribution < 1.29 is 18.8 Å². The van der Waals surface area contributed by atoms with Crippen molar-refractivity contribution in [3.8, 4) is 29.0 Å². The van der Waals surface area contributed by atoms with Crippen LogP contribution in [0.15, 0.2) is 102 Å². The molecule has 3 heterocycles. The van der Waals surface area contributed by atoms with Gasteiger partial charge in [-0.05, 0) is 64.5 Å². The lowest BCUT2D eigenvalue weighted by atomic mass is 10.2. The molecule has 11 nitrogen and oxygen atoms in total. The summed E-state index contributed by atoms with van der Waals surface area (Å²) in [6, 6.07) is 20.4. The van der Waals surface area contributed by atoms with Crippen molar-refractivity contribution in [2.45, 2.75) is 0 Å². The maximum Gasteiger partial charge on any atom is 0.287 e. The molecule has 0 radical (unpaired) electrons. The van der Waals surface area contributed by atoms with E-state index in [1.54, 1.807) is 42.5 Å². The van der Waals surface area contributed by atoms with E-state index in [-0.39, 0.29) is 23.0 Å². The third-order valence-corrected chi connectivity index (χ3v) is 7.37. The van der Waals surface area contributed by atoms with E-state index in [2.05, 4.69) is 41.9 Å². The summed E-state index contributed by atoms with van der Waals surface area (Å²) in [7, 11) is 1.47. The fourth-order valence-electron chi connectivity index (χ4n) is 4.18. The highest BCUT2D eigenvalue weighted by Gasteiger charge is 2.18. The first-order valence-corrected chi connectivity index (χ1v) is 13.8. The summed E-state index contributed by atoms with van der Waals surface area (Å²) in [5, 5.41) is 16.7. The van der Waals surface area contributed by atoms with Gasteiger partial charge in [-0.1, -0.05) is 28.1 Å². The van der Waals surface area contributed by atoms with Crippen molar-refractivity contribution in [3.05, 3.63) is 114 Å². The van der Waals surface area contributed by atoms with Gasteiger partial charge in [-0.2, -0.15) is 9.78 Å². The average Bonchev–Trinajstić information content (AvgIpc) is 3.41. The molecule has 0 saturated heterocycles. The van der Waals surface area contributed by atoms with E-state index in [1.807, 2.05) is 18.2 Å². The summed E-state index contributed by atoms with van der Waals surface area (Å²) in [5.41, 5.74) is 1.18. The number of hydrogen-bond acceptors (Lipinski definition) is 9. The Bertz CT molecular complexity index is 2090. The van der Waals surface area contributed by atoms with E-state index in [0.29, 0.717) is 43.8 Å². The van der Waals surface area contributed by atoms with Gasteiger partial charge in [0.25, 0.3) is 11.2 Å². The highest BCUT2D eigenvalue weighted by Crippen LogP contribution is 2.36. The minimum atomic E-state index is -0.545. The Kier molecular flexibility index (Phi) is 7.27. The molecule has 6 rings (SSSR count). The molecule has 6 aromatic rings. The van der Waals surface area contributed by atoms with E-state index in [4.69, 9.17) is 18.9 Å². The molecule has 0 atom stereocenters. The molecule has 0 spiro atoms. The summed E-state index contributed by atoms with van der Waals surface area (Å²) < 4.78 is 20.0. The zero-order valence-electron chi connectivity index (χ0n) is 21.5. The number of hydrogen-bond donors (Lipinski definition) is 0. The van der Waals surface area contributed by atoms with Crippen LogP contribution in [0.2, 0.25) is 0 Å². The van der Waals surface area contributed by atoms with Crippen LogP contribution in [-0.4, -0.2) is 32.9 Å². The Morgan fingerprint density at radius 3 is 2.64 bits per heavy atom. The molecule has 0 fully saturated rings. The normalized spacial score (nSPS) is 11.4. The van der Waals surface area contributed by atoms with Crippen molar-refractivity contribution in [1.82, 2.24) is 14.6 Å². The largest absolute Gasteiger partial charge is 0.493 e. The van der Waals surface area contributed by atoms with Crippen molar-refractivity contribution >= 4 is 65.6 Å². The zero-order chi connectivity index (χ0) is 29.4. The lowest BCUT2D eigenvalue weighted by Gasteiger charge is -2.12. The summed E-state index contributed by atoms with van der Waals surface area (Å²) in [6.45, 7) is 0. The maximum absolute atomic E-state index is 13.6. The number of nitrogens with zero attached hydrogens (tertiary/aromatic N) is 5. The number of nitro groups is 1. The predicted molar refractivity (Wildman–Crippen MR) is 164 cm³/mol. The average molecular weight is 691 g/mol. The second kappa shape index (κ2) is 11.2. The topological polar surface area (TPSA) is 135 Å². The van der Waals surface area contributed by atoms with Crippen LogP contribution in [0.25, 0.3) is 33.5 Å². The molecular weight excluding hydrogens is 674 g/mol. The van der Waals surface area contributed by atoms with E-state index in [9.17, 15) is 14.9 Å². The van der Waals surface area contributed by atoms with Gasteiger partial charge in [-0.25, -0.2) is 9.97 Å². The molecule has 0 N–H and O–H groups in total. The van der Waals surface area contributed by atoms with E-state index in [1.165, 1.54) is 30.1 Å². The van der Waals surface area contributed by atoms with Crippen LogP contribution < -0.4 is 15.0 Å². The molecule has 0 saturated carbocycles. The van der Waals surface area contributed by atoms with Gasteiger partial charge in [0, 0.05) is 32.0 Å². The maximum atomic E-state index is 13.6. The lowest BCUT2D eigenvalue weighted by molar-refractivity contribution is -0.385. The highest BCUT2D eigenvalue weighted by molar-refractivity contribution is 9.10. The summed E-state index contributed by atoms with van der Waals surface area (Å²) in [4.78, 5) is 32.6. The van der Waals surface area contributed by atoms with Crippen LogP contribution in [0.3, 0.4) is 0 Å². The van der Waals surface area contributed by atoms with Crippen molar-refractivity contribution in [1.29, 1.82) is 0 Å². The van der Waals surface area contributed by atoms with Gasteiger partial charge in [0.1, 0.15) is 11.8 Å². The van der Waals surface area contributed by atoms with Gasteiger partial charge < -0.3 is 13.9 Å². The molecule has 208 valence electrons. The second-order valence-electron chi connectivity index (χ2n) is 8.85. The highest BCUT2D eigenvalue weighted by atomic mass is 79.9. The first-order chi connectivity index (χ1) is 20.3. The van der Waals surface area contributed by atoms with Gasteiger partial charge in [-0.3, -0.25) is 14.9 Å². The molecule has 42 heavy (non-hydrogen) atoms. The third-order valence-electron chi connectivity index (χ3n) is 6.19. The van der Waals surface area contributed by atoms with Crippen LogP contribution in [0.1, 0.15) is 5.56 Å². The van der Waals surface area contributed by atoms with E-state index >= 15 is 0 Å². The van der Waals surface area contributed by atoms with Crippen LogP contribution >= 0.6 is 31.9 Å². The molecular formula is C29H17Br2N5O6. The van der Waals surface area contributed by atoms with Crippen LogP contribution in [0.4, 0.5) is 5.69 Å². The number of fused-ring (bicyclic) bond motifs is 2. The number of benzene rings is 3. The summed E-state index contributed by atoms with van der Waals surface area (Å²) in [6.07, 6.45) is 2.59. The van der Waals surface area contributed by atoms with Crippen molar-refractivity contribution in [3.63, 3.8) is 0 Å². The molecule has 3 aromatic heterocycles. The Hall–Kier alpha value is -4.88. The fraction of sp³-hybridized carbons (Fsp3) is 0.0345. The van der Waals surface area contributed by atoms with Crippen molar-refractivity contribution in [2.24, 2.45) is 5.10 Å². The first kappa shape index (κ1) is 27.3. The van der Waals surface area contributed by atoms with Crippen LogP contribution in [-0.2, 0) is 0 Å². The van der Waals surface area contributed by atoms with Gasteiger partial charge in [0.15, 0.2) is 17.3 Å². The van der Waals surface area contributed by atoms with Gasteiger partial charge in [0.2, 0.25) is 11.7 Å². The Balaban J connectivity index is 1.41. The van der Waals surface area contributed by atoms with E-state index < -0.39 is 4.92 Å². The van der Waals surface area contributed by atoms with Gasteiger partial charge in [-0.15, -0.1) is 0 Å². The SMILES string of the molecule is COc1cc(C=Nn2c(-c3cc4cc(Br)ccc4o3)nc3ccccc3c2=O)c(Br)cc1Oc1ccc([N+](=O)[O-])cn1. The first-order valence-electron chi connectivity index (χ1n) is 12.2. The van der Waals surface area contributed by atoms with Crippen molar-refractivity contribution in [2.75, 3.05) is 7.11 Å². The second-order valence-corrected chi connectivity index (χ2v) is 10.6. The number of aromatic nitrogens is 3. The van der Waals surface area contributed by atoms with Gasteiger partial charge in [0.05, 0.1) is 29.2 Å². The van der Waals surface area contributed by atoms with E-state index in [0.717, 1.165) is 16.1 Å². The molecule has 13 heteroatoms. The molecule has 3 aromatic carbocycles. The van der Waals surface area contributed by atoms with Gasteiger partial charge >= 0.3 is 0 Å². The summed E-state index contributed by atoms with van der Waals surface area (Å²) >= 11 is 6.99. The molecule has 0 aliphatic heterocycles.